The maximum atomic E-state index is 12.3. The number of methoxy groups -OCH3 is 1. The SMILES string of the molecule is COC(=O)C(CC(=O)c1cnc2ccccn12)NC(=O)C(F)(F)F. The molecular formula is C14H12F3N3O4. The average Bonchev–Trinajstić information content (AvgIpc) is 2.96. The Morgan fingerprint density at radius 3 is 2.67 bits per heavy atom. The largest absolute Gasteiger partial charge is 0.471 e. The summed E-state index contributed by atoms with van der Waals surface area (Å²) in [6.45, 7) is 0. The van der Waals surface area contributed by atoms with Crippen LogP contribution in [0.15, 0.2) is 30.6 Å². The highest BCUT2D eigenvalue weighted by molar-refractivity contribution is 5.99. The van der Waals surface area contributed by atoms with Gasteiger partial charge in [-0.1, -0.05) is 6.07 Å². The number of imidazole rings is 1. The van der Waals surface area contributed by atoms with Crippen LogP contribution < -0.4 is 5.32 Å². The number of halogens is 3. The van der Waals surface area contributed by atoms with E-state index in [1.807, 2.05) is 0 Å². The van der Waals surface area contributed by atoms with Gasteiger partial charge in [0, 0.05) is 12.6 Å². The molecule has 0 aliphatic heterocycles. The number of aromatic nitrogens is 2. The molecule has 0 saturated heterocycles. The Morgan fingerprint density at radius 2 is 2.04 bits per heavy atom. The number of nitrogens with one attached hydrogen (secondary N) is 1. The molecule has 2 aromatic heterocycles. The molecule has 128 valence electrons. The van der Waals surface area contributed by atoms with E-state index in [2.05, 4.69) is 9.72 Å². The zero-order valence-electron chi connectivity index (χ0n) is 12.3. The maximum Gasteiger partial charge on any atom is 0.471 e. The molecule has 7 nitrogen and oxygen atoms in total. The van der Waals surface area contributed by atoms with E-state index in [0.717, 1.165) is 7.11 Å². The van der Waals surface area contributed by atoms with Gasteiger partial charge in [-0.25, -0.2) is 9.78 Å². The van der Waals surface area contributed by atoms with Gasteiger partial charge in [-0.15, -0.1) is 0 Å². The number of fused-ring (bicyclic) bond motifs is 1. The number of carbonyl (C=O) groups is 3. The lowest BCUT2D eigenvalue weighted by Gasteiger charge is -2.16. The second-order valence-corrected chi connectivity index (χ2v) is 4.75. The van der Waals surface area contributed by atoms with E-state index in [4.69, 9.17) is 0 Å². The second kappa shape index (κ2) is 6.69. The number of Topliss-reactive ketones (excluding diaryl/α,β-unsaturated/α-hetero) is 1. The Morgan fingerprint density at radius 1 is 1.33 bits per heavy atom. The van der Waals surface area contributed by atoms with Crippen LogP contribution in [0.4, 0.5) is 13.2 Å². The monoisotopic (exact) mass is 343 g/mol. The quantitative estimate of drug-likeness (QED) is 0.649. The molecule has 0 aromatic carbocycles. The topological polar surface area (TPSA) is 89.8 Å². The molecule has 2 heterocycles. The Hall–Kier alpha value is -2.91. The van der Waals surface area contributed by atoms with Crippen LogP contribution in [0.3, 0.4) is 0 Å². The summed E-state index contributed by atoms with van der Waals surface area (Å²) in [5.74, 6) is -4.16. The van der Waals surface area contributed by atoms with Crippen molar-refractivity contribution in [3.8, 4) is 0 Å². The van der Waals surface area contributed by atoms with Crippen molar-refractivity contribution < 1.29 is 32.3 Å². The highest BCUT2D eigenvalue weighted by Gasteiger charge is 2.41. The van der Waals surface area contributed by atoms with Gasteiger partial charge in [-0.05, 0) is 12.1 Å². The predicted molar refractivity (Wildman–Crippen MR) is 74.1 cm³/mol. The summed E-state index contributed by atoms with van der Waals surface area (Å²) in [5.41, 5.74) is 0.524. The standard InChI is InChI=1S/C14H12F3N3O4/c1-24-12(22)8(19-13(23)14(15,16)17)6-10(21)9-7-18-11-4-2-3-5-20(9)11/h2-5,7-8H,6H2,1H3,(H,19,23). The van der Waals surface area contributed by atoms with Crippen molar-refractivity contribution in [2.45, 2.75) is 18.6 Å². The van der Waals surface area contributed by atoms with E-state index in [0.29, 0.717) is 5.65 Å². The van der Waals surface area contributed by atoms with Crippen LogP contribution >= 0.6 is 0 Å². The Bertz CT molecular complexity index is 785. The summed E-state index contributed by atoms with van der Waals surface area (Å²) < 4.78 is 42.8. The van der Waals surface area contributed by atoms with Crippen molar-refractivity contribution in [2.24, 2.45) is 0 Å². The summed E-state index contributed by atoms with van der Waals surface area (Å²) in [5, 5.41) is 1.46. The number of alkyl halides is 3. The number of ketones is 1. The molecule has 2 aromatic rings. The van der Waals surface area contributed by atoms with Gasteiger partial charge in [-0.2, -0.15) is 13.2 Å². The molecule has 0 bridgehead atoms. The number of hydrogen-bond donors (Lipinski definition) is 1. The number of carbonyl (C=O) groups excluding carboxylic acids is 3. The van der Waals surface area contributed by atoms with E-state index in [9.17, 15) is 27.6 Å². The fraction of sp³-hybridized carbons (Fsp3) is 0.286. The van der Waals surface area contributed by atoms with Crippen molar-refractivity contribution in [1.29, 1.82) is 0 Å². The molecule has 1 atom stereocenters. The van der Waals surface area contributed by atoms with Crippen LogP contribution in [0.25, 0.3) is 5.65 Å². The van der Waals surface area contributed by atoms with E-state index in [-0.39, 0.29) is 5.69 Å². The highest BCUT2D eigenvalue weighted by Crippen LogP contribution is 2.16. The molecule has 2 rings (SSSR count). The molecule has 1 N–H and O–H groups in total. The third-order valence-corrected chi connectivity index (χ3v) is 3.14. The van der Waals surface area contributed by atoms with Crippen LogP contribution in [-0.2, 0) is 14.3 Å². The number of esters is 1. The fourth-order valence-electron chi connectivity index (χ4n) is 2.00. The van der Waals surface area contributed by atoms with Gasteiger partial charge >= 0.3 is 18.1 Å². The first-order valence-corrected chi connectivity index (χ1v) is 6.65. The molecule has 0 aliphatic carbocycles. The first-order valence-electron chi connectivity index (χ1n) is 6.65. The van der Waals surface area contributed by atoms with Gasteiger partial charge in [0.05, 0.1) is 13.3 Å². The molecule has 1 amide bonds. The number of amides is 1. The maximum absolute atomic E-state index is 12.3. The predicted octanol–water partition coefficient (Wildman–Crippen LogP) is 1.13. The zero-order valence-corrected chi connectivity index (χ0v) is 12.3. The van der Waals surface area contributed by atoms with Crippen LogP contribution in [0.2, 0.25) is 0 Å². The van der Waals surface area contributed by atoms with Gasteiger partial charge in [-0.3, -0.25) is 14.0 Å². The van der Waals surface area contributed by atoms with E-state index >= 15 is 0 Å². The van der Waals surface area contributed by atoms with Crippen LogP contribution in [0.5, 0.6) is 0 Å². The van der Waals surface area contributed by atoms with Crippen molar-refractivity contribution in [2.75, 3.05) is 7.11 Å². The van der Waals surface area contributed by atoms with Crippen LogP contribution in [-0.4, -0.2) is 46.4 Å². The summed E-state index contributed by atoms with van der Waals surface area (Å²) >= 11 is 0. The molecule has 0 radical (unpaired) electrons. The third kappa shape index (κ3) is 3.70. The first-order chi connectivity index (χ1) is 11.2. The van der Waals surface area contributed by atoms with Gasteiger partial charge in [0.1, 0.15) is 17.4 Å². The summed E-state index contributed by atoms with van der Waals surface area (Å²) in [6.07, 6.45) is -3.11. The van der Waals surface area contributed by atoms with Gasteiger partial charge < -0.3 is 10.1 Å². The number of pyridine rings is 1. The highest BCUT2D eigenvalue weighted by atomic mass is 19.4. The smallest absolute Gasteiger partial charge is 0.467 e. The third-order valence-electron chi connectivity index (χ3n) is 3.14. The summed E-state index contributed by atoms with van der Waals surface area (Å²) in [4.78, 5) is 38.8. The Balaban J connectivity index is 2.21. The van der Waals surface area contributed by atoms with Gasteiger partial charge in [0.15, 0.2) is 5.78 Å². The summed E-state index contributed by atoms with van der Waals surface area (Å²) in [7, 11) is 0.938. The molecule has 0 saturated carbocycles. The molecule has 0 fully saturated rings. The number of rotatable bonds is 5. The molecule has 10 heteroatoms. The molecule has 0 aliphatic rings. The molecule has 0 spiro atoms. The van der Waals surface area contributed by atoms with E-state index in [1.54, 1.807) is 18.2 Å². The zero-order chi connectivity index (χ0) is 17.9. The number of ether oxygens (including phenoxy) is 1. The van der Waals surface area contributed by atoms with Crippen LogP contribution in [0.1, 0.15) is 16.9 Å². The number of hydrogen-bond acceptors (Lipinski definition) is 5. The lowest BCUT2D eigenvalue weighted by molar-refractivity contribution is -0.175. The molecule has 1 unspecified atom stereocenters. The molecular weight excluding hydrogens is 331 g/mol. The first kappa shape index (κ1) is 17.4. The van der Waals surface area contributed by atoms with Crippen molar-refractivity contribution in [3.63, 3.8) is 0 Å². The average molecular weight is 343 g/mol. The fourth-order valence-corrected chi connectivity index (χ4v) is 2.00. The molecule has 24 heavy (non-hydrogen) atoms. The lowest BCUT2D eigenvalue weighted by atomic mass is 10.1. The second-order valence-electron chi connectivity index (χ2n) is 4.75. The Labute approximate surface area is 133 Å². The van der Waals surface area contributed by atoms with Crippen molar-refractivity contribution in [3.05, 3.63) is 36.3 Å². The van der Waals surface area contributed by atoms with E-state index < -0.39 is 36.3 Å². The number of nitrogens with zero attached hydrogens (tertiary/aromatic N) is 2. The normalized spacial score (nSPS) is 12.7. The minimum absolute atomic E-state index is 0.0701. The Kier molecular flexibility index (Phi) is 4.86. The summed E-state index contributed by atoms with van der Waals surface area (Å²) in [6, 6.07) is 3.19. The van der Waals surface area contributed by atoms with Crippen molar-refractivity contribution in [1.82, 2.24) is 14.7 Å². The van der Waals surface area contributed by atoms with Crippen molar-refractivity contribution >= 4 is 23.3 Å². The van der Waals surface area contributed by atoms with E-state index in [1.165, 1.54) is 22.1 Å². The van der Waals surface area contributed by atoms with Gasteiger partial charge in [0.25, 0.3) is 0 Å². The lowest BCUT2D eigenvalue weighted by Crippen LogP contribution is -2.48. The minimum atomic E-state index is -5.18. The minimum Gasteiger partial charge on any atom is -0.467 e. The van der Waals surface area contributed by atoms with Crippen LogP contribution in [0, 0.1) is 0 Å². The van der Waals surface area contributed by atoms with Gasteiger partial charge in [0.2, 0.25) is 0 Å².